The average molecular weight is 252 g/mol. The molecule has 92 valence electrons. The SMILES string of the molecule is CC1(C)CCC2Oc3c(Cl)cccc3NC2C1. The maximum atomic E-state index is 6.16. The Hall–Kier alpha value is -0.890. The Morgan fingerprint density at radius 3 is 3.06 bits per heavy atom. The minimum atomic E-state index is 0.274. The lowest BCUT2D eigenvalue weighted by Gasteiger charge is -2.44. The van der Waals surface area contributed by atoms with Crippen LogP contribution in [0.5, 0.6) is 5.75 Å². The second-order valence-electron chi connectivity index (χ2n) is 5.93. The Morgan fingerprint density at radius 2 is 2.24 bits per heavy atom. The number of para-hydroxylation sites is 1. The Labute approximate surface area is 107 Å². The number of hydrogen-bond acceptors (Lipinski definition) is 2. The van der Waals surface area contributed by atoms with E-state index in [0.717, 1.165) is 24.3 Å². The largest absolute Gasteiger partial charge is 0.485 e. The number of halogens is 1. The van der Waals surface area contributed by atoms with E-state index in [1.54, 1.807) is 0 Å². The highest BCUT2D eigenvalue weighted by molar-refractivity contribution is 6.32. The Kier molecular flexibility index (Phi) is 2.51. The number of nitrogens with one attached hydrogen (secondary N) is 1. The molecule has 2 unspecified atom stereocenters. The molecule has 1 aliphatic carbocycles. The molecule has 17 heavy (non-hydrogen) atoms. The summed E-state index contributed by atoms with van der Waals surface area (Å²) in [6, 6.07) is 6.31. The summed E-state index contributed by atoms with van der Waals surface area (Å²) < 4.78 is 6.07. The predicted molar refractivity (Wildman–Crippen MR) is 70.9 cm³/mol. The van der Waals surface area contributed by atoms with Gasteiger partial charge in [-0.05, 0) is 36.8 Å². The van der Waals surface area contributed by atoms with Crippen LogP contribution in [0.2, 0.25) is 5.02 Å². The van der Waals surface area contributed by atoms with Crippen LogP contribution in [0.15, 0.2) is 18.2 Å². The van der Waals surface area contributed by atoms with Gasteiger partial charge >= 0.3 is 0 Å². The molecule has 3 rings (SSSR count). The third-order valence-electron chi connectivity index (χ3n) is 3.90. The summed E-state index contributed by atoms with van der Waals surface area (Å²) >= 11 is 6.16. The van der Waals surface area contributed by atoms with E-state index in [4.69, 9.17) is 16.3 Å². The minimum absolute atomic E-state index is 0.274. The molecule has 1 N–H and O–H groups in total. The first-order valence-electron chi connectivity index (χ1n) is 6.27. The monoisotopic (exact) mass is 251 g/mol. The molecule has 0 amide bonds. The molecule has 2 aliphatic rings. The van der Waals surface area contributed by atoms with E-state index in [1.165, 1.54) is 6.42 Å². The van der Waals surface area contributed by atoms with Gasteiger partial charge in [0.15, 0.2) is 5.75 Å². The van der Waals surface area contributed by atoms with Gasteiger partial charge < -0.3 is 10.1 Å². The standard InChI is InChI=1S/C14H18ClNO/c1-14(2)7-6-12-11(8-14)16-10-5-3-4-9(15)13(10)17-12/h3-5,11-12,16H,6-8H2,1-2H3. The molecule has 1 aromatic carbocycles. The van der Waals surface area contributed by atoms with Crippen LogP contribution in [0.4, 0.5) is 5.69 Å². The Balaban J connectivity index is 1.90. The number of ether oxygens (including phenoxy) is 1. The van der Waals surface area contributed by atoms with Gasteiger partial charge in [-0.1, -0.05) is 31.5 Å². The molecule has 3 heteroatoms. The number of fused-ring (bicyclic) bond motifs is 2. The maximum Gasteiger partial charge on any atom is 0.161 e. The fourth-order valence-electron chi connectivity index (χ4n) is 2.94. The van der Waals surface area contributed by atoms with Crippen LogP contribution in [0, 0.1) is 5.41 Å². The summed E-state index contributed by atoms with van der Waals surface area (Å²) in [4.78, 5) is 0. The van der Waals surface area contributed by atoms with E-state index >= 15 is 0 Å². The highest BCUT2D eigenvalue weighted by Gasteiger charge is 2.39. The van der Waals surface area contributed by atoms with E-state index in [0.29, 0.717) is 16.5 Å². The summed E-state index contributed by atoms with van der Waals surface area (Å²) in [5, 5.41) is 4.29. The van der Waals surface area contributed by atoms with Gasteiger partial charge in [-0.25, -0.2) is 0 Å². The number of hydrogen-bond donors (Lipinski definition) is 1. The third kappa shape index (κ3) is 1.99. The molecule has 2 atom stereocenters. The Bertz CT molecular complexity index is 444. The third-order valence-corrected chi connectivity index (χ3v) is 4.20. The molecular formula is C14H18ClNO. The van der Waals surface area contributed by atoms with Gasteiger partial charge in [0, 0.05) is 0 Å². The summed E-state index contributed by atoms with van der Waals surface area (Å²) in [5.41, 5.74) is 1.45. The van der Waals surface area contributed by atoms with Crippen molar-refractivity contribution in [3.8, 4) is 5.75 Å². The predicted octanol–water partition coefficient (Wildman–Crippen LogP) is 4.09. The molecule has 0 spiro atoms. The lowest BCUT2D eigenvalue weighted by molar-refractivity contribution is 0.0778. The van der Waals surface area contributed by atoms with E-state index in [9.17, 15) is 0 Å². The van der Waals surface area contributed by atoms with Crippen molar-refractivity contribution in [1.29, 1.82) is 0 Å². The van der Waals surface area contributed by atoms with Crippen molar-refractivity contribution in [3.63, 3.8) is 0 Å². The van der Waals surface area contributed by atoms with Crippen LogP contribution in [-0.4, -0.2) is 12.1 Å². The molecule has 1 aliphatic heterocycles. The van der Waals surface area contributed by atoms with Crippen LogP contribution < -0.4 is 10.1 Å². The van der Waals surface area contributed by atoms with Gasteiger partial charge in [-0.3, -0.25) is 0 Å². The summed E-state index contributed by atoms with van der Waals surface area (Å²) in [5.74, 6) is 0.829. The minimum Gasteiger partial charge on any atom is -0.485 e. The van der Waals surface area contributed by atoms with Crippen molar-refractivity contribution in [2.45, 2.75) is 45.3 Å². The second-order valence-corrected chi connectivity index (χ2v) is 6.34. The fraction of sp³-hybridized carbons (Fsp3) is 0.571. The normalized spacial score (nSPS) is 29.6. The lowest BCUT2D eigenvalue weighted by Crippen LogP contribution is -2.47. The molecule has 0 radical (unpaired) electrons. The summed E-state index contributed by atoms with van der Waals surface area (Å²) in [7, 11) is 0. The summed E-state index contributed by atoms with van der Waals surface area (Å²) in [6.07, 6.45) is 3.75. The van der Waals surface area contributed by atoms with Crippen molar-refractivity contribution in [1.82, 2.24) is 0 Å². The van der Waals surface area contributed by atoms with Crippen LogP contribution in [0.3, 0.4) is 0 Å². The van der Waals surface area contributed by atoms with Crippen LogP contribution in [0.25, 0.3) is 0 Å². The quantitative estimate of drug-likeness (QED) is 0.750. The molecule has 0 bridgehead atoms. The topological polar surface area (TPSA) is 21.3 Å². The number of rotatable bonds is 0. The summed E-state index contributed by atoms with van der Waals surface area (Å²) in [6.45, 7) is 4.66. The molecule has 1 aromatic rings. The van der Waals surface area contributed by atoms with Gasteiger partial charge in [0.25, 0.3) is 0 Å². The molecule has 2 nitrogen and oxygen atoms in total. The lowest BCUT2D eigenvalue weighted by atomic mass is 9.73. The highest BCUT2D eigenvalue weighted by atomic mass is 35.5. The number of anilines is 1. The van der Waals surface area contributed by atoms with Gasteiger partial charge in [-0.15, -0.1) is 0 Å². The first-order valence-corrected chi connectivity index (χ1v) is 6.65. The second kappa shape index (κ2) is 3.81. The van der Waals surface area contributed by atoms with Gasteiger partial charge in [-0.2, -0.15) is 0 Å². The molecular weight excluding hydrogens is 234 g/mol. The van der Waals surface area contributed by atoms with E-state index < -0.39 is 0 Å². The first kappa shape index (κ1) is 11.2. The van der Waals surface area contributed by atoms with Crippen LogP contribution in [0.1, 0.15) is 33.1 Å². The van der Waals surface area contributed by atoms with E-state index in [-0.39, 0.29) is 6.10 Å². The van der Waals surface area contributed by atoms with E-state index in [1.807, 2.05) is 18.2 Å². The number of benzene rings is 1. The molecule has 1 fully saturated rings. The van der Waals surface area contributed by atoms with Crippen LogP contribution >= 0.6 is 11.6 Å². The Morgan fingerprint density at radius 1 is 1.41 bits per heavy atom. The molecule has 0 aromatic heterocycles. The molecule has 1 saturated carbocycles. The zero-order chi connectivity index (χ0) is 12.0. The van der Waals surface area contributed by atoms with E-state index in [2.05, 4.69) is 19.2 Å². The van der Waals surface area contributed by atoms with Crippen molar-refractivity contribution in [2.75, 3.05) is 5.32 Å². The van der Waals surface area contributed by atoms with Crippen molar-refractivity contribution < 1.29 is 4.74 Å². The molecule has 0 saturated heterocycles. The highest BCUT2D eigenvalue weighted by Crippen LogP contribution is 2.44. The van der Waals surface area contributed by atoms with Gasteiger partial charge in [0.05, 0.1) is 16.8 Å². The van der Waals surface area contributed by atoms with Crippen molar-refractivity contribution in [2.24, 2.45) is 5.41 Å². The van der Waals surface area contributed by atoms with Crippen LogP contribution in [-0.2, 0) is 0 Å². The van der Waals surface area contributed by atoms with Crippen molar-refractivity contribution >= 4 is 17.3 Å². The zero-order valence-corrected chi connectivity index (χ0v) is 11.1. The zero-order valence-electron chi connectivity index (χ0n) is 10.3. The maximum absolute atomic E-state index is 6.16. The van der Waals surface area contributed by atoms with Crippen molar-refractivity contribution in [3.05, 3.63) is 23.2 Å². The average Bonchev–Trinajstić information content (AvgIpc) is 2.26. The smallest absolute Gasteiger partial charge is 0.161 e. The fourth-order valence-corrected chi connectivity index (χ4v) is 3.16. The first-order chi connectivity index (χ1) is 8.05. The van der Waals surface area contributed by atoms with Gasteiger partial charge in [0.1, 0.15) is 6.10 Å². The molecule has 1 heterocycles. The van der Waals surface area contributed by atoms with Gasteiger partial charge in [0.2, 0.25) is 0 Å².